The Morgan fingerprint density at radius 3 is 1.74 bits per heavy atom. The minimum atomic E-state index is 0.875. The van der Waals surface area contributed by atoms with Crippen LogP contribution in [-0.2, 0) is 0 Å². The third kappa shape index (κ3) is 2.79. The molecule has 0 nitrogen and oxygen atoms in total. The second-order valence-electron chi connectivity index (χ2n) is 8.99. The predicted molar refractivity (Wildman–Crippen MR) is 102 cm³/mol. The van der Waals surface area contributed by atoms with Gasteiger partial charge in [-0.25, -0.2) is 0 Å². The van der Waals surface area contributed by atoms with E-state index in [0.717, 1.165) is 30.2 Å². The van der Waals surface area contributed by atoms with Crippen molar-refractivity contribution in [3.63, 3.8) is 0 Å². The summed E-state index contributed by atoms with van der Waals surface area (Å²) in [6, 6.07) is 4.90. The SMILES string of the molecule is Cc1cc(C)c(B2C3CCCCC3CC3CCCCC23)c(C)c1. The monoisotopic (exact) mass is 308 g/mol. The number of benzene rings is 1. The summed E-state index contributed by atoms with van der Waals surface area (Å²) < 4.78 is 0. The molecule has 0 bridgehead atoms. The second-order valence-corrected chi connectivity index (χ2v) is 8.99. The zero-order chi connectivity index (χ0) is 16.0. The molecule has 4 unspecified atom stereocenters. The van der Waals surface area contributed by atoms with Crippen LogP contribution in [0.1, 0.15) is 74.5 Å². The van der Waals surface area contributed by atoms with Gasteiger partial charge in [0.2, 0.25) is 0 Å². The van der Waals surface area contributed by atoms with Crippen LogP contribution < -0.4 is 5.46 Å². The predicted octanol–water partition coefficient (Wildman–Crippen LogP) is 5.84. The van der Waals surface area contributed by atoms with E-state index in [1.54, 1.807) is 23.0 Å². The highest BCUT2D eigenvalue weighted by atomic mass is 14.4. The molecule has 1 aliphatic heterocycles. The fourth-order valence-electron chi connectivity index (χ4n) is 6.86. The molecule has 1 aromatic carbocycles. The van der Waals surface area contributed by atoms with Crippen LogP contribution in [0, 0.1) is 32.6 Å². The Kier molecular flexibility index (Phi) is 4.33. The van der Waals surface area contributed by atoms with E-state index >= 15 is 0 Å². The molecule has 1 saturated heterocycles. The molecule has 1 heteroatoms. The van der Waals surface area contributed by atoms with Gasteiger partial charge < -0.3 is 0 Å². The Labute approximate surface area is 143 Å². The summed E-state index contributed by atoms with van der Waals surface area (Å²) >= 11 is 0. The first kappa shape index (κ1) is 15.8. The van der Waals surface area contributed by atoms with Gasteiger partial charge in [0.05, 0.1) is 0 Å². The lowest BCUT2D eigenvalue weighted by molar-refractivity contribution is 0.214. The van der Waals surface area contributed by atoms with Crippen molar-refractivity contribution in [2.24, 2.45) is 11.8 Å². The molecule has 4 atom stereocenters. The van der Waals surface area contributed by atoms with Crippen molar-refractivity contribution in [1.82, 2.24) is 0 Å². The smallest absolute Gasteiger partial charge is 0.0737 e. The fraction of sp³-hybridized carbons (Fsp3) is 0.727. The molecule has 3 fully saturated rings. The molecule has 0 aromatic heterocycles. The molecule has 4 rings (SSSR count). The summed E-state index contributed by atoms with van der Waals surface area (Å²) in [6.07, 6.45) is 13.6. The lowest BCUT2D eigenvalue weighted by Gasteiger charge is -2.51. The molecule has 0 spiro atoms. The average molecular weight is 308 g/mol. The van der Waals surface area contributed by atoms with Gasteiger partial charge in [-0.15, -0.1) is 0 Å². The van der Waals surface area contributed by atoms with Crippen LogP contribution in [0.4, 0.5) is 0 Å². The van der Waals surface area contributed by atoms with Crippen LogP contribution in [0.15, 0.2) is 12.1 Å². The molecule has 3 aliphatic rings. The van der Waals surface area contributed by atoms with Gasteiger partial charge in [-0.05, 0) is 39.0 Å². The average Bonchev–Trinajstić information content (AvgIpc) is 2.53. The largest absolute Gasteiger partial charge is 0.183 e. The molecule has 2 saturated carbocycles. The van der Waals surface area contributed by atoms with Crippen molar-refractivity contribution in [1.29, 1.82) is 0 Å². The van der Waals surface area contributed by atoms with Gasteiger partial charge in [0.1, 0.15) is 0 Å². The van der Waals surface area contributed by atoms with Gasteiger partial charge in [-0.3, -0.25) is 0 Å². The Balaban J connectivity index is 1.78. The molecule has 0 amide bonds. The van der Waals surface area contributed by atoms with Crippen molar-refractivity contribution >= 4 is 12.2 Å². The molecule has 124 valence electrons. The van der Waals surface area contributed by atoms with Crippen LogP contribution in [0.5, 0.6) is 0 Å². The molecule has 23 heavy (non-hydrogen) atoms. The van der Waals surface area contributed by atoms with Gasteiger partial charge >= 0.3 is 0 Å². The van der Waals surface area contributed by atoms with Gasteiger partial charge in [0.25, 0.3) is 0 Å². The number of hydrogen-bond acceptors (Lipinski definition) is 0. The topological polar surface area (TPSA) is 0 Å². The van der Waals surface area contributed by atoms with E-state index in [2.05, 4.69) is 32.9 Å². The Hall–Kier alpha value is -0.715. The summed E-state index contributed by atoms with van der Waals surface area (Å²) in [5, 5.41) is 0. The molecule has 0 radical (unpaired) electrons. The van der Waals surface area contributed by atoms with E-state index in [4.69, 9.17) is 0 Å². The number of hydrogen-bond donors (Lipinski definition) is 0. The minimum absolute atomic E-state index is 0.875. The molecule has 1 aromatic rings. The molecular weight excluding hydrogens is 275 g/mol. The third-order valence-electron chi connectivity index (χ3n) is 7.54. The summed E-state index contributed by atoms with van der Waals surface area (Å²) in [7, 11) is 0. The van der Waals surface area contributed by atoms with Gasteiger partial charge in [-0.1, -0.05) is 97.3 Å². The first-order chi connectivity index (χ1) is 11.1. The maximum absolute atomic E-state index is 2.45. The van der Waals surface area contributed by atoms with Crippen LogP contribution >= 0.6 is 0 Å². The maximum Gasteiger partial charge on any atom is 0.183 e. The quantitative estimate of drug-likeness (QED) is 0.572. The first-order valence-electron chi connectivity index (χ1n) is 10.2. The zero-order valence-corrected chi connectivity index (χ0v) is 15.4. The third-order valence-corrected chi connectivity index (χ3v) is 7.54. The summed E-state index contributed by atoms with van der Waals surface area (Å²) in [5.74, 6) is 4.05. The Morgan fingerprint density at radius 1 is 0.739 bits per heavy atom. The normalized spacial score (nSPS) is 34.0. The number of rotatable bonds is 1. The van der Waals surface area contributed by atoms with Crippen LogP contribution in [0.2, 0.25) is 11.6 Å². The van der Waals surface area contributed by atoms with E-state index in [9.17, 15) is 0 Å². The van der Waals surface area contributed by atoms with Gasteiger partial charge in [-0.2, -0.15) is 0 Å². The maximum atomic E-state index is 2.45. The highest BCUT2D eigenvalue weighted by Gasteiger charge is 2.49. The van der Waals surface area contributed by atoms with Crippen LogP contribution in [-0.4, -0.2) is 6.71 Å². The van der Waals surface area contributed by atoms with Crippen molar-refractivity contribution < 1.29 is 0 Å². The lowest BCUT2D eigenvalue weighted by atomic mass is 9.21. The van der Waals surface area contributed by atoms with Crippen molar-refractivity contribution in [2.45, 2.75) is 90.2 Å². The highest BCUT2D eigenvalue weighted by Crippen LogP contribution is 2.55. The molecule has 1 heterocycles. The summed E-state index contributed by atoms with van der Waals surface area (Å²) in [5.41, 5.74) is 6.38. The zero-order valence-electron chi connectivity index (χ0n) is 15.4. The molecule has 0 N–H and O–H groups in total. The van der Waals surface area contributed by atoms with Gasteiger partial charge in [0.15, 0.2) is 6.71 Å². The number of aryl methyl sites for hydroxylation is 3. The first-order valence-corrected chi connectivity index (χ1v) is 10.2. The van der Waals surface area contributed by atoms with Crippen molar-refractivity contribution in [2.75, 3.05) is 0 Å². The Bertz CT molecular complexity index is 530. The van der Waals surface area contributed by atoms with E-state index in [1.807, 2.05) is 0 Å². The van der Waals surface area contributed by atoms with E-state index in [-0.39, 0.29) is 0 Å². The summed E-state index contributed by atoms with van der Waals surface area (Å²) in [6.45, 7) is 7.91. The lowest BCUT2D eigenvalue weighted by Crippen LogP contribution is -2.52. The number of fused-ring (bicyclic) bond motifs is 2. The van der Waals surface area contributed by atoms with E-state index in [1.165, 1.54) is 56.9 Å². The minimum Gasteiger partial charge on any atom is -0.0737 e. The molecular formula is C22H33B. The second kappa shape index (κ2) is 6.30. The molecule has 2 aliphatic carbocycles. The van der Waals surface area contributed by atoms with Crippen molar-refractivity contribution in [3.05, 3.63) is 28.8 Å². The van der Waals surface area contributed by atoms with Gasteiger partial charge in [0, 0.05) is 0 Å². The highest BCUT2D eigenvalue weighted by molar-refractivity contribution is 6.77. The summed E-state index contributed by atoms with van der Waals surface area (Å²) in [4.78, 5) is 0. The van der Waals surface area contributed by atoms with E-state index < -0.39 is 0 Å². The van der Waals surface area contributed by atoms with Crippen molar-refractivity contribution in [3.8, 4) is 0 Å². The fourth-order valence-corrected chi connectivity index (χ4v) is 6.86. The Morgan fingerprint density at radius 2 is 1.22 bits per heavy atom. The van der Waals surface area contributed by atoms with E-state index in [0.29, 0.717) is 0 Å². The van der Waals surface area contributed by atoms with Crippen LogP contribution in [0.3, 0.4) is 0 Å². The van der Waals surface area contributed by atoms with Crippen LogP contribution in [0.25, 0.3) is 0 Å². The standard InChI is InChI=1S/C22H33B/c1-15-12-16(2)22(17(3)13-15)23-20-10-6-4-8-18(20)14-19-9-5-7-11-21(19)23/h12-13,18-21H,4-11,14H2,1-3H3.